The zero-order valence-corrected chi connectivity index (χ0v) is 16.9. The van der Waals surface area contributed by atoms with Crippen LogP contribution >= 0.6 is 11.3 Å². The molecule has 0 radical (unpaired) electrons. The fourth-order valence-electron chi connectivity index (χ4n) is 3.19. The average molecular weight is 407 g/mol. The molecule has 4 rings (SSSR count). The van der Waals surface area contributed by atoms with Gasteiger partial charge in [-0.15, -0.1) is 11.3 Å². The van der Waals surface area contributed by atoms with E-state index in [1.54, 1.807) is 17.4 Å². The van der Waals surface area contributed by atoms with E-state index in [0.29, 0.717) is 31.5 Å². The van der Waals surface area contributed by atoms with Crippen LogP contribution in [0.25, 0.3) is 10.6 Å². The summed E-state index contributed by atoms with van der Waals surface area (Å²) in [5.74, 6) is 0.0310. The number of carbonyl (C=O) groups excluding carboxylic acids is 2. The van der Waals surface area contributed by atoms with Crippen LogP contribution in [0.3, 0.4) is 0 Å². The molecule has 3 amide bonds. The lowest BCUT2D eigenvalue weighted by atomic mass is 10.0. The Morgan fingerprint density at radius 2 is 2.00 bits per heavy atom. The first-order chi connectivity index (χ1) is 14.1. The molecule has 0 unspecified atom stereocenters. The van der Waals surface area contributed by atoms with Gasteiger partial charge in [-0.25, -0.2) is 9.78 Å². The predicted molar refractivity (Wildman–Crippen MR) is 116 cm³/mol. The van der Waals surface area contributed by atoms with Gasteiger partial charge >= 0.3 is 6.03 Å². The van der Waals surface area contributed by atoms with Crippen LogP contribution in [0.4, 0.5) is 16.2 Å². The minimum Gasteiger partial charge on any atom is -0.337 e. The summed E-state index contributed by atoms with van der Waals surface area (Å²) in [5, 5.41) is 11.6. The van der Waals surface area contributed by atoms with Crippen molar-refractivity contribution in [3.05, 3.63) is 64.7 Å². The lowest BCUT2D eigenvalue weighted by Crippen LogP contribution is -2.30. The van der Waals surface area contributed by atoms with E-state index in [1.165, 1.54) is 5.56 Å². The van der Waals surface area contributed by atoms with Crippen molar-refractivity contribution < 1.29 is 9.59 Å². The maximum absolute atomic E-state index is 12.2. The summed E-state index contributed by atoms with van der Waals surface area (Å²) in [5.41, 5.74) is 5.88. The number of nitrogens with one attached hydrogen (secondary N) is 3. The number of aryl methyl sites for hydroxylation is 2. The molecule has 6 nitrogen and oxygen atoms in total. The highest BCUT2D eigenvalue weighted by molar-refractivity contribution is 7.13. The van der Waals surface area contributed by atoms with Crippen LogP contribution in [0, 0.1) is 6.92 Å². The van der Waals surface area contributed by atoms with Crippen LogP contribution in [0.15, 0.2) is 47.8 Å². The number of carbonyl (C=O) groups is 2. The van der Waals surface area contributed by atoms with Gasteiger partial charge < -0.3 is 16.0 Å². The van der Waals surface area contributed by atoms with Gasteiger partial charge in [0.2, 0.25) is 5.91 Å². The molecule has 7 heteroatoms. The zero-order valence-electron chi connectivity index (χ0n) is 16.1. The third-order valence-electron chi connectivity index (χ3n) is 4.78. The molecule has 1 aromatic heterocycles. The minimum atomic E-state index is -0.251. The fourth-order valence-corrected chi connectivity index (χ4v) is 4.05. The molecule has 29 heavy (non-hydrogen) atoms. The van der Waals surface area contributed by atoms with Crippen molar-refractivity contribution in [2.45, 2.75) is 26.2 Å². The highest BCUT2D eigenvalue weighted by atomic mass is 32.1. The molecule has 0 fully saturated rings. The van der Waals surface area contributed by atoms with E-state index in [-0.39, 0.29) is 11.9 Å². The Bertz CT molecular complexity index is 1040. The van der Waals surface area contributed by atoms with Crippen molar-refractivity contribution in [2.24, 2.45) is 0 Å². The fraction of sp³-hybridized carbons (Fsp3) is 0.227. The van der Waals surface area contributed by atoms with E-state index >= 15 is 0 Å². The van der Waals surface area contributed by atoms with Crippen molar-refractivity contribution in [3.8, 4) is 10.6 Å². The number of thiazole rings is 1. The molecule has 0 aliphatic carbocycles. The largest absolute Gasteiger partial charge is 0.337 e. The molecule has 0 atom stereocenters. The predicted octanol–water partition coefficient (Wildman–Crippen LogP) is 4.37. The number of hydrogen-bond acceptors (Lipinski definition) is 4. The normalized spacial score (nSPS) is 12.8. The molecule has 2 heterocycles. The standard InChI is InChI=1S/C22H22N4O2S/c1-14-2-4-15(5-3-14)21-24-18(13-29-21)10-11-23-22(28)25-17-7-8-19-16(12-17)6-9-20(27)26-19/h2-5,7-8,12-13H,6,9-11H2,1H3,(H,26,27)(H2,23,25,28). The number of amides is 3. The molecular formula is C22H22N4O2S. The van der Waals surface area contributed by atoms with Crippen molar-refractivity contribution in [1.82, 2.24) is 10.3 Å². The molecule has 3 N–H and O–H groups in total. The van der Waals surface area contributed by atoms with E-state index in [0.717, 1.165) is 27.5 Å². The van der Waals surface area contributed by atoms with Gasteiger partial charge in [0.25, 0.3) is 0 Å². The number of fused-ring (bicyclic) bond motifs is 1. The lowest BCUT2D eigenvalue weighted by molar-refractivity contribution is -0.116. The number of nitrogens with zero attached hydrogens (tertiary/aromatic N) is 1. The molecule has 1 aliphatic rings. The molecule has 0 spiro atoms. The molecule has 148 valence electrons. The lowest BCUT2D eigenvalue weighted by Gasteiger charge is -2.17. The van der Waals surface area contributed by atoms with Crippen molar-refractivity contribution in [3.63, 3.8) is 0 Å². The minimum absolute atomic E-state index is 0.0310. The topological polar surface area (TPSA) is 83.1 Å². The van der Waals surface area contributed by atoms with Gasteiger partial charge in [-0.1, -0.05) is 29.8 Å². The number of anilines is 2. The molecule has 0 saturated carbocycles. The number of benzene rings is 2. The summed E-state index contributed by atoms with van der Waals surface area (Å²) in [6, 6.07) is 13.6. The summed E-state index contributed by atoms with van der Waals surface area (Å²) >= 11 is 1.61. The second-order valence-electron chi connectivity index (χ2n) is 7.06. The van der Waals surface area contributed by atoms with E-state index in [4.69, 9.17) is 0 Å². The SMILES string of the molecule is Cc1ccc(-c2nc(CCNC(=O)Nc3ccc4c(c3)CCC(=O)N4)cs2)cc1. The van der Waals surface area contributed by atoms with Crippen LogP contribution in [-0.2, 0) is 17.6 Å². The first-order valence-electron chi connectivity index (χ1n) is 9.56. The van der Waals surface area contributed by atoms with Crippen molar-refractivity contribution in [2.75, 3.05) is 17.2 Å². The maximum Gasteiger partial charge on any atom is 0.319 e. The number of aromatic nitrogens is 1. The molecule has 0 saturated heterocycles. The summed E-state index contributed by atoms with van der Waals surface area (Å²) in [7, 11) is 0. The van der Waals surface area contributed by atoms with Crippen LogP contribution in [0.2, 0.25) is 0 Å². The number of rotatable bonds is 5. The summed E-state index contributed by atoms with van der Waals surface area (Å²) in [6.45, 7) is 2.57. The average Bonchev–Trinajstić information content (AvgIpc) is 3.17. The van der Waals surface area contributed by atoms with Crippen LogP contribution in [-0.4, -0.2) is 23.5 Å². The highest BCUT2D eigenvalue weighted by Gasteiger charge is 2.15. The highest BCUT2D eigenvalue weighted by Crippen LogP contribution is 2.26. The van der Waals surface area contributed by atoms with Crippen LogP contribution in [0.1, 0.15) is 23.2 Å². The van der Waals surface area contributed by atoms with Gasteiger partial charge in [0.15, 0.2) is 0 Å². The molecule has 3 aromatic rings. The third-order valence-corrected chi connectivity index (χ3v) is 5.72. The maximum atomic E-state index is 12.2. The van der Waals surface area contributed by atoms with Gasteiger partial charge in [0, 0.05) is 41.7 Å². The van der Waals surface area contributed by atoms with Crippen LogP contribution in [0.5, 0.6) is 0 Å². The molecular weight excluding hydrogens is 384 g/mol. The Labute approximate surface area is 173 Å². The van der Waals surface area contributed by atoms with Gasteiger partial charge in [0.05, 0.1) is 5.69 Å². The van der Waals surface area contributed by atoms with E-state index in [1.807, 2.05) is 17.5 Å². The number of urea groups is 1. The second kappa shape index (κ2) is 8.45. The van der Waals surface area contributed by atoms with Gasteiger partial charge in [0.1, 0.15) is 5.01 Å². The Hall–Kier alpha value is -3.19. The summed E-state index contributed by atoms with van der Waals surface area (Å²) in [6.07, 6.45) is 1.83. The van der Waals surface area contributed by atoms with E-state index < -0.39 is 0 Å². The molecule has 1 aliphatic heterocycles. The second-order valence-corrected chi connectivity index (χ2v) is 7.92. The third kappa shape index (κ3) is 4.81. The quantitative estimate of drug-likeness (QED) is 0.588. The number of hydrogen-bond donors (Lipinski definition) is 3. The monoisotopic (exact) mass is 406 g/mol. The molecule has 2 aromatic carbocycles. The zero-order chi connectivity index (χ0) is 20.2. The first kappa shape index (κ1) is 19.1. The van der Waals surface area contributed by atoms with E-state index in [2.05, 4.69) is 52.1 Å². The van der Waals surface area contributed by atoms with Crippen LogP contribution < -0.4 is 16.0 Å². The Kier molecular flexibility index (Phi) is 5.57. The summed E-state index contributed by atoms with van der Waals surface area (Å²) < 4.78 is 0. The van der Waals surface area contributed by atoms with E-state index in [9.17, 15) is 9.59 Å². The van der Waals surface area contributed by atoms with Crippen molar-refractivity contribution in [1.29, 1.82) is 0 Å². The van der Waals surface area contributed by atoms with Gasteiger partial charge in [-0.05, 0) is 37.1 Å². The summed E-state index contributed by atoms with van der Waals surface area (Å²) in [4.78, 5) is 28.3. The Morgan fingerprint density at radius 1 is 1.17 bits per heavy atom. The van der Waals surface area contributed by atoms with Gasteiger partial charge in [-0.3, -0.25) is 4.79 Å². The first-order valence-corrected chi connectivity index (χ1v) is 10.4. The van der Waals surface area contributed by atoms with Crippen molar-refractivity contribution >= 4 is 34.6 Å². The van der Waals surface area contributed by atoms with Gasteiger partial charge in [-0.2, -0.15) is 0 Å². The Balaban J connectivity index is 1.27. The Morgan fingerprint density at radius 3 is 2.83 bits per heavy atom. The smallest absolute Gasteiger partial charge is 0.319 e. The molecule has 0 bridgehead atoms.